The number of hydrogen-bond donors (Lipinski definition) is 0. The molecule has 4 rings (SSSR count). The number of rotatable bonds is 7. The molecule has 0 fully saturated rings. The lowest BCUT2D eigenvalue weighted by Gasteiger charge is -2.37. The third-order valence-corrected chi connectivity index (χ3v) is 5.77. The van der Waals surface area contributed by atoms with Crippen molar-refractivity contribution in [2.45, 2.75) is 33.5 Å². The molecule has 1 aromatic heterocycles. The van der Waals surface area contributed by atoms with Crippen LogP contribution in [0.1, 0.15) is 34.3 Å². The maximum absolute atomic E-state index is 13.1. The molecule has 3 aromatic rings. The number of ether oxygens (including phenoxy) is 2. The van der Waals surface area contributed by atoms with Crippen molar-refractivity contribution in [3.63, 3.8) is 0 Å². The monoisotopic (exact) mass is 435 g/mol. The number of hydrogen-bond acceptors (Lipinski definition) is 6. The fourth-order valence-electron chi connectivity index (χ4n) is 3.96. The SMILES string of the molecule is CCN1C[C@@H](CN(C)C(=O)c2cccc(OCc3c(C)noc3C)c2)Oc2ccccc21. The zero-order chi connectivity index (χ0) is 22.7. The number of nitrogens with zero attached hydrogens (tertiary/aromatic N) is 3. The van der Waals surface area contributed by atoms with Crippen molar-refractivity contribution in [3.8, 4) is 11.5 Å². The number of fused-ring (bicyclic) bond motifs is 1. The van der Waals surface area contributed by atoms with Gasteiger partial charge in [-0.1, -0.05) is 23.4 Å². The predicted molar refractivity (Wildman–Crippen MR) is 122 cm³/mol. The molecule has 2 aromatic carbocycles. The highest BCUT2D eigenvalue weighted by atomic mass is 16.5. The molecule has 1 atom stereocenters. The molecule has 0 saturated carbocycles. The molecule has 0 unspecified atom stereocenters. The summed E-state index contributed by atoms with van der Waals surface area (Å²) < 4.78 is 17.3. The van der Waals surface area contributed by atoms with Crippen molar-refractivity contribution in [3.05, 3.63) is 71.1 Å². The summed E-state index contributed by atoms with van der Waals surface area (Å²) in [5.41, 5.74) is 3.41. The number of anilines is 1. The van der Waals surface area contributed by atoms with Gasteiger partial charge in [0.25, 0.3) is 5.91 Å². The van der Waals surface area contributed by atoms with Gasteiger partial charge >= 0.3 is 0 Å². The second-order valence-corrected chi connectivity index (χ2v) is 8.05. The topological polar surface area (TPSA) is 68.0 Å². The van der Waals surface area contributed by atoms with Gasteiger partial charge < -0.3 is 23.8 Å². The van der Waals surface area contributed by atoms with E-state index in [0.717, 1.165) is 41.5 Å². The van der Waals surface area contributed by atoms with Gasteiger partial charge in [0.05, 0.1) is 30.0 Å². The summed E-state index contributed by atoms with van der Waals surface area (Å²) in [6.07, 6.45) is -0.0993. The minimum Gasteiger partial charge on any atom is -0.489 e. The quantitative estimate of drug-likeness (QED) is 0.553. The van der Waals surface area contributed by atoms with Gasteiger partial charge in [-0.05, 0) is 51.1 Å². The lowest BCUT2D eigenvalue weighted by molar-refractivity contribution is 0.0709. The zero-order valence-corrected chi connectivity index (χ0v) is 19.0. The molecule has 0 saturated heterocycles. The molecule has 0 bridgehead atoms. The molecule has 2 heterocycles. The fourth-order valence-corrected chi connectivity index (χ4v) is 3.96. The van der Waals surface area contributed by atoms with E-state index in [1.54, 1.807) is 24.1 Å². The first-order valence-electron chi connectivity index (χ1n) is 10.9. The van der Waals surface area contributed by atoms with Crippen LogP contribution < -0.4 is 14.4 Å². The largest absolute Gasteiger partial charge is 0.489 e. The standard InChI is InChI=1S/C25H29N3O4/c1-5-28-15-21(31-24-12-7-6-11-23(24)28)14-27(4)25(29)19-9-8-10-20(13-19)30-16-22-17(2)26-32-18(22)3/h6-13,21H,5,14-16H2,1-4H3/t21-/m1/s1. The van der Waals surface area contributed by atoms with Gasteiger partial charge in [-0.2, -0.15) is 0 Å². The first-order chi connectivity index (χ1) is 15.5. The summed E-state index contributed by atoms with van der Waals surface area (Å²) in [5, 5.41) is 3.95. The van der Waals surface area contributed by atoms with E-state index < -0.39 is 0 Å². The van der Waals surface area contributed by atoms with Crippen LogP contribution in [0.5, 0.6) is 11.5 Å². The predicted octanol–water partition coefficient (Wildman–Crippen LogP) is 4.23. The van der Waals surface area contributed by atoms with Crippen LogP contribution in [-0.4, -0.2) is 48.7 Å². The van der Waals surface area contributed by atoms with Gasteiger partial charge in [-0.25, -0.2) is 0 Å². The van der Waals surface area contributed by atoms with Crippen LogP contribution >= 0.6 is 0 Å². The fraction of sp³-hybridized carbons (Fsp3) is 0.360. The second-order valence-electron chi connectivity index (χ2n) is 8.05. The van der Waals surface area contributed by atoms with Crippen LogP contribution in [0, 0.1) is 13.8 Å². The molecular weight excluding hydrogens is 406 g/mol. The number of amides is 1. The Labute approximate surface area is 188 Å². The molecule has 1 amide bonds. The molecule has 1 aliphatic rings. The normalized spacial score (nSPS) is 15.1. The van der Waals surface area contributed by atoms with Crippen molar-refractivity contribution in [2.75, 3.05) is 31.6 Å². The van der Waals surface area contributed by atoms with E-state index in [9.17, 15) is 4.79 Å². The minimum absolute atomic E-state index is 0.0710. The highest BCUT2D eigenvalue weighted by molar-refractivity contribution is 5.94. The summed E-state index contributed by atoms with van der Waals surface area (Å²) >= 11 is 0. The number of benzene rings is 2. The second kappa shape index (κ2) is 9.34. The van der Waals surface area contributed by atoms with E-state index in [0.29, 0.717) is 24.5 Å². The van der Waals surface area contributed by atoms with Crippen LogP contribution in [-0.2, 0) is 6.61 Å². The summed E-state index contributed by atoms with van der Waals surface area (Å²) in [4.78, 5) is 17.1. The highest BCUT2D eigenvalue weighted by Crippen LogP contribution is 2.33. The Balaban J connectivity index is 1.40. The Kier molecular flexibility index (Phi) is 6.35. The molecule has 0 N–H and O–H groups in total. The van der Waals surface area contributed by atoms with Gasteiger partial charge in [0.15, 0.2) is 0 Å². The first kappa shape index (κ1) is 21.7. The van der Waals surface area contributed by atoms with E-state index in [1.807, 2.05) is 44.2 Å². The van der Waals surface area contributed by atoms with Crippen LogP contribution in [0.4, 0.5) is 5.69 Å². The Morgan fingerprint density at radius 2 is 2.03 bits per heavy atom. The van der Waals surface area contributed by atoms with E-state index in [-0.39, 0.29) is 12.0 Å². The molecule has 7 nitrogen and oxygen atoms in total. The minimum atomic E-state index is -0.0993. The molecule has 1 aliphatic heterocycles. The average molecular weight is 436 g/mol. The number of aromatic nitrogens is 1. The summed E-state index contributed by atoms with van der Waals surface area (Å²) in [5.74, 6) is 2.16. The first-order valence-corrected chi connectivity index (χ1v) is 10.9. The maximum atomic E-state index is 13.1. The van der Waals surface area contributed by atoms with Gasteiger partial charge in [0, 0.05) is 19.2 Å². The molecule has 0 spiro atoms. The number of aryl methyl sites for hydroxylation is 2. The van der Waals surface area contributed by atoms with Crippen molar-refractivity contribution >= 4 is 11.6 Å². The molecule has 168 valence electrons. The number of likely N-dealkylation sites (N-methyl/N-ethyl adjacent to an activating group) is 2. The van der Waals surface area contributed by atoms with Crippen molar-refractivity contribution in [2.24, 2.45) is 0 Å². The number of carbonyl (C=O) groups excluding carboxylic acids is 1. The molecule has 7 heteroatoms. The third kappa shape index (κ3) is 4.56. The van der Waals surface area contributed by atoms with Crippen LogP contribution in [0.25, 0.3) is 0 Å². The number of para-hydroxylation sites is 2. The molecule has 0 aliphatic carbocycles. The van der Waals surface area contributed by atoms with Crippen LogP contribution in [0.3, 0.4) is 0 Å². The van der Waals surface area contributed by atoms with Gasteiger partial charge in [-0.15, -0.1) is 0 Å². The smallest absolute Gasteiger partial charge is 0.253 e. The van der Waals surface area contributed by atoms with Gasteiger partial charge in [0.2, 0.25) is 0 Å². The third-order valence-electron chi connectivity index (χ3n) is 5.77. The Morgan fingerprint density at radius 1 is 1.22 bits per heavy atom. The van der Waals surface area contributed by atoms with E-state index in [1.165, 1.54) is 0 Å². The van der Waals surface area contributed by atoms with Gasteiger partial charge in [-0.3, -0.25) is 4.79 Å². The van der Waals surface area contributed by atoms with Crippen LogP contribution in [0.2, 0.25) is 0 Å². The van der Waals surface area contributed by atoms with Gasteiger partial charge in [0.1, 0.15) is 30.0 Å². The summed E-state index contributed by atoms with van der Waals surface area (Å²) in [7, 11) is 1.81. The molecular formula is C25H29N3O4. The van der Waals surface area contributed by atoms with E-state index >= 15 is 0 Å². The van der Waals surface area contributed by atoms with E-state index in [4.69, 9.17) is 14.0 Å². The lowest BCUT2D eigenvalue weighted by Crippen LogP contribution is -2.46. The van der Waals surface area contributed by atoms with Crippen molar-refractivity contribution in [1.82, 2.24) is 10.1 Å². The van der Waals surface area contributed by atoms with Crippen molar-refractivity contribution in [1.29, 1.82) is 0 Å². The molecule has 0 radical (unpaired) electrons. The Bertz CT molecular complexity index is 1070. The van der Waals surface area contributed by atoms with E-state index in [2.05, 4.69) is 23.0 Å². The average Bonchev–Trinajstić information content (AvgIpc) is 3.13. The number of carbonyl (C=O) groups is 1. The summed E-state index contributed by atoms with van der Waals surface area (Å²) in [6, 6.07) is 15.3. The zero-order valence-electron chi connectivity index (χ0n) is 19.0. The van der Waals surface area contributed by atoms with Crippen molar-refractivity contribution < 1.29 is 18.8 Å². The lowest BCUT2D eigenvalue weighted by atomic mass is 10.1. The maximum Gasteiger partial charge on any atom is 0.253 e. The molecule has 32 heavy (non-hydrogen) atoms. The van der Waals surface area contributed by atoms with Crippen LogP contribution in [0.15, 0.2) is 53.1 Å². The summed E-state index contributed by atoms with van der Waals surface area (Å²) in [6.45, 7) is 8.34. The Hall–Kier alpha value is -3.48. The Morgan fingerprint density at radius 3 is 2.78 bits per heavy atom. The highest BCUT2D eigenvalue weighted by Gasteiger charge is 2.27.